The maximum atomic E-state index is 11.7. The van der Waals surface area contributed by atoms with E-state index >= 15 is 0 Å². The lowest BCUT2D eigenvalue weighted by Gasteiger charge is -2.12. The van der Waals surface area contributed by atoms with Gasteiger partial charge in [0.05, 0.1) is 7.11 Å². The second kappa shape index (κ2) is 8.53. The topological polar surface area (TPSA) is 64.4 Å². The molecule has 0 radical (unpaired) electrons. The Balaban J connectivity index is 2.35. The lowest BCUT2D eigenvalue weighted by Crippen LogP contribution is -2.29. The Hall–Kier alpha value is -1.55. The molecule has 0 aromatic heterocycles. The molecule has 1 aromatic rings. The van der Waals surface area contributed by atoms with Crippen molar-refractivity contribution < 1.29 is 9.53 Å². The van der Waals surface area contributed by atoms with Gasteiger partial charge in [-0.1, -0.05) is 31.5 Å². The van der Waals surface area contributed by atoms with Gasteiger partial charge in [-0.2, -0.15) is 0 Å². The van der Waals surface area contributed by atoms with Crippen LogP contribution in [0.15, 0.2) is 24.3 Å². The van der Waals surface area contributed by atoms with E-state index in [1.54, 1.807) is 7.11 Å². The summed E-state index contributed by atoms with van der Waals surface area (Å²) in [5.74, 6) is 1.23. The lowest BCUT2D eigenvalue weighted by atomic mass is 10.0. The van der Waals surface area contributed by atoms with Gasteiger partial charge in [0.2, 0.25) is 5.91 Å². The third-order valence-electron chi connectivity index (χ3n) is 3.29. The number of methoxy groups -OCH3 is 1. The zero-order valence-corrected chi connectivity index (χ0v) is 11.8. The summed E-state index contributed by atoms with van der Waals surface area (Å²) in [5, 5.41) is 2.93. The first-order chi connectivity index (χ1) is 9.21. The Morgan fingerprint density at radius 1 is 1.42 bits per heavy atom. The van der Waals surface area contributed by atoms with E-state index in [4.69, 9.17) is 10.5 Å². The van der Waals surface area contributed by atoms with Gasteiger partial charge in [-0.3, -0.25) is 4.79 Å². The van der Waals surface area contributed by atoms with Crippen molar-refractivity contribution in [2.24, 2.45) is 11.7 Å². The second-order valence-corrected chi connectivity index (χ2v) is 4.63. The lowest BCUT2D eigenvalue weighted by molar-refractivity contribution is -0.121. The van der Waals surface area contributed by atoms with Crippen LogP contribution in [0.25, 0.3) is 0 Å². The quantitative estimate of drug-likeness (QED) is 0.751. The molecule has 3 N–H and O–H groups in total. The number of nitrogens with two attached hydrogens (primary N) is 1. The van der Waals surface area contributed by atoms with E-state index in [2.05, 4.69) is 12.2 Å². The summed E-state index contributed by atoms with van der Waals surface area (Å²) >= 11 is 0. The molecule has 1 rings (SSSR count). The molecule has 0 bridgehead atoms. The number of hydrogen-bond donors (Lipinski definition) is 2. The van der Waals surface area contributed by atoms with Gasteiger partial charge in [0.15, 0.2) is 0 Å². The molecule has 1 unspecified atom stereocenters. The van der Waals surface area contributed by atoms with Crippen molar-refractivity contribution in [3.05, 3.63) is 29.8 Å². The highest BCUT2D eigenvalue weighted by Crippen LogP contribution is 2.17. The van der Waals surface area contributed by atoms with Crippen LogP contribution in [0.5, 0.6) is 5.75 Å². The van der Waals surface area contributed by atoms with Crippen molar-refractivity contribution in [2.45, 2.75) is 26.2 Å². The Labute approximate surface area is 115 Å². The minimum atomic E-state index is 0.0761. The SMILES string of the molecule is CCC(CN)CC(=O)NCCc1ccccc1OC. The van der Waals surface area contributed by atoms with Gasteiger partial charge in [0.25, 0.3) is 0 Å². The van der Waals surface area contributed by atoms with Gasteiger partial charge < -0.3 is 15.8 Å². The van der Waals surface area contributed by atoms with E-state index in [-0.39, 0.29) is 11.8 Å². The molecule has 1 atom stereocenters. The molecular formula is C15H24N2O2. The van der Waals surface area contributed by atoms with E-state index < -0.39 is 0 Å². The first-order valence-corrected chi connectivity index (χ1v) is 6.79. The zero-order chi connectivity index (χ0) is 14.1. The second-order valence-electron chi connectivity index (χ2n) is 4.63. The molecule has 0 aliphatic rings. The summed E-state index contributed by atoms with van der Waals surface area (Å²) < 4.78 is 5.27. The average molecular weight is 264 g/mol. The average Bonchev–Trinajstić information content (AvgIpc) is 2.45. The molecule has 0 fully saturated rings. The van der Waals surface area contributed by atoms with Crippen LogP contribution in [0.4, 0.5) is 0 Å². The highest BCUT2D eigenvalue weighted by atomic mass is 16.5. The number of nitrogens with one attached hydrogen (secondary N) is 1. The molecular weight excluding hydrogens is 240 g/mol. The summed E-state index contributed by atoms with van der Waals surface area (Å²) in [6.07, 6.45) is 2.23. The number of hydrogen-bond acceptors (Lipinski definition) is 3. The van der Waals surface area contributed by atoms with Crippen LogP contribution in [0.2, 0.25) is 0 Å². The Morgan fingerprint density at radius 3 is 2.79 bits per heavy atom. The predicted molar refractivity (Wildman–Crippen MR) is 77.2 cm³/mol. The fraction of sp³-hybridized carbons (Fsp3) is 0.533. The Morgan fingerprint density at radius 2 is 2.16 bits per heavy atom. The number of benzene rings is 1. The number of carbonyl (C=O) groups is 1. The Bertz CT molecular complexity index is 389. The highest BCUT2D eigenvalue weighted by molar-refractivity contribution is 5.76. The normalized spacial score (nSPS) is 11.9. The molecule has 0 aliphatic heterocycles. The molecule has 0 saturated carbocycles. The van der Waals surface area contributed by atoms with E-state index in [0.29, 0.717) is 19.5 Å². The number of amides is 1. The first kappa shape index (κ1) is 15.5. The fourth-order valence-electron chi connectivity index (χ4n) is 1.97. The third kappa shape index (κ3) is 5.30. The van der Waals surface area contributed by atoms with E-state index in [0.717, 1.165) is 24.2 Å². The molecule has 0 spiro atoms. The summed E-state index contributed by atoms with van der Waals surface area (Å²) in [7, 11) is 1.66. The van der Waals surface area contributed by atoms with Gasteiger partial charge in [0, 0.05) is 13.0 Å². The molecule has 4 heteroatoms. The van der Waals surface area contributed by atoms with Crippen LogP contribution < -0.4 is 15.8 Å². The van der Waals surface area contributed by atoms with Crippen molar-refractivity contribution in [2.75, 3.05) is 20.2 Å². The minimum Gasteiger partial charge on any atom is -0.496 e. The summed E-state index contributed by atoms with van der Waals surface area (Å²) in [5.41, 5.74) is 6.70. The summed E-state index contributed by atoms with van der Waals surface area (Å²) in [6, 6.07) is 7.85. The standard InChI is InChI=1S/C15H24N2O2/c1-3-12(11-16)10-15(18)17-9-8-13-6-4-5-7-14(13)19-2/h4-7,12H,3,8-11,16H2,1-2H3,(H,17,18). The monoisotopic (exact) mass is 264 g/mol. The zero-order valence-electron chi connectivity index (χ0n) is 11.8. The smallest absolute Gasteiger partial charge is 0.220 e. The van der Waals surface area contributed by atoms with Crippen LogP contribution in [0, 0.1) is 5.92 Å². The fourth-order valence-corrected chi connectivity index (χ4v) is 1.97. The van der Waals surface area contributed by atoms with Gasteiger partial charge in [-0.25, -0.2) is 0 Å². The molecule has 4 nitrogen and oxygen atoms in total. The molecule has 106 valence electrons. The van der Waals surface area contributed by atoms with Crippen molar-refractivity contribution in [3.63, 3.8) is 0 Å². The van der Waals surface area contributed by atoms with Crippen LogP contribution in [0.1, 0.15) is 25.3 Å². The maximum Gasteiger partial charge on any atom is 0.220 e. The van der Waals surface area contributed by atoms with Crippen molar-refractivity contribution in [1.82, 2.24) is 5.32 Å². The maximum absolute atomic E-state index is 11.7. The Kier molecular flexibility index (Phi) is 6.97. The minimum absolute atomic E-state index is 0.0761. The van der Waals surface area contributed by atoms with E-state index in [9.17, 15) is 4.79 Å². The van der Waals surface area contributed by atoms with E-state index in [1.165, 1.54) is 0 Å². The summed E-state index contributed by atoms with van der Waals surface area (Å²) in [4.78, 5) is 11.7. The molecule has 0 heterocycles. The number of ether oxygens (including phenoxy) is 1. The van der Waals surface area contributed by atoms with Crippen molar-refractivity contribution >= 4 is 5.91 Å². The van der Waals surface area contributed by atoms with Gasteiger partial charge in [0.1, 0.15) is 5.75 Å². The molecule has 19 heavy (non-hydrogen) atoms. The van der Waals surface area contributed by atoms with Gasteiger partial charge in [-0.15, -0.1) is 0 Å². The predicted octanol–water partition coefficient (Wildman–Crippen LogP) is 1.73. The summed E-state index contributed by atoms with van der Waals surface area (Å²) in [6.45, 7) is 3.25. The van der Waals surface area contributed by atoms with Crippen LogP contribution in [-0.4, -0.2) is 26.1 Å². The number of rotatable bonds is 8. The van der Waals surface area contributed by atoms with Crippen LogP contribution in [-0.2, 0) is 11.2 Å². The number of para-hydroxylation sites is 1. The molecule has 1 amide bonds. The van der Waals surface area contributed by atoms with E-state index in [1.807, 2.05) is 24.3 Å². The first-order valence-electron chi connectivity index (χ1n) is 6.79. The largest absolute Gasteiger partial charge is 0.496 e. The number of carbonyl (C=O) groups excluding carboxylic acids is 1. The van der Waals surface area contributed by atoms with Gasteiger partial charge >= 0.3 is 0 Å². The van der Waals surface area contributed by atoms with Gasteiger partial charge in [-0.05, 0) is 30.5 Å². The molecule has 0 saturated heterocycles. The van der Waals surface area contributed by atoms with Crippen molar-refractivity contribution in [1.29, 1.82) is 0 Å². The van der Waals surface area contributed by atoms with Crippen LogP contribution in [0.3, 0.4) is 0 Å². The van der Waals surface area contributed by atoms with Crippen molar-refractivity contribution in [3.8, 4) is 5.75 Å². The molecule has 0 aliphatic carbocycles. The highest BCUT2D eigenvalue weighted by Gasteiger charge is 2.10. The molecule has 1 aromatic carbocycles. The third-order valence-corrected chi connectivity index (χ3v) is 3.29. The van der Waals surface area contributed by atoms with Crippen LogP contribution >= 0.6 is 0 Å².